The Bertz CT molecular complexity index is 923. The quantitative estimate of drug-likeness (QED) is 0.661. The Kier molecular flexibility index (Phi) is 5.16. The van der Waals surface area contributed by atoms with Gasteiger partial charge in [0.1, 0.15) is 0 Å². The van der Waals surface area contributed by atoms with Crippen molar-refractivity contribution in [2.45, 2.75) is 6.92 Å². The van der Waals surface area contributed by atoms with Crippen molar-refractivity contribution in [2.75, 3.05) is 10.6 Å². The molecule has 0 atom stereocenters. The number of rotatable bonds is 4. The van der Waals surface area contributed by atoms with Crippen molar-refractivity contribution in [2.24, 2.45) is 0 Å². The van der Waals surface area contributed by atoms with Crippen molar-refractivity contribution < 1.29 is 9.59 Å². The van der Waals surface area contributed by atoms with E-state index >= 15 is 0 Å². The van der Waals surface area contributed by atoms with Gasteiger partial charge in [-0.25, -0.2) is 0 Å². The topological polar surface area (TPSA) is 58.2 Å². The molecule has 1 aromatic heterocycles. The largest absolute Gasteiger partial charge is 0.322 e. The fraction of sp³-hybridized carbons (Fsp3) is 0.0526. The molecule has 0 saturated carbocycles. The number of benzene rings is 2. The second kappa shape index (κ2) is 7.51. The lowest BCUT2D eigenvalue weighted by Crippen LogP contribution is -2.13. The van der Waals surface area contributed by atoms with E-state index in [0.29, 0.717) is 26.8 Å². The van der Waals surface area contributed by atoms with E-state index in [0.717, 1.165) is 5.56 Å². The molecule has 4 nitrogen and oxygen atoms in total. The van der Waals surface area contributed by atoms with Crippen LogP contribution in [-0.2, 0) is 0 Å². The number of halogens is 1. The first-order valence-electron chi connectivity index (χ1n) is 7.55. The number of hydrogen-bond donors (Lipinski definition) is 2. The first-order valence-corrected chi connectivity index (χ1v) is 8.81. The van der Waals surface area contributed by atoms with Crippen LogP contribution >= 0.6 is 22.9 Å². The Morgan fingerprint density at radius 1 is 0.920 bits per heavy atom. The number of carbonyl (C=O) groups is 2. The normalized spacial score (nSPS) is 10.3. The van der Waals surface area contributed by atoms with E-state index in [1.165, 1.54) is 11.3 Å². The number of aryl methyl sites for hydroxylation is 1. The zero-order chi connectivity index (χ0) is 17.8. The summed E-state index contributed by atoms with van der Waals surface area (Å²) in [5.74, 6) is -0.438. The van der Waals surface area contributed by atoms with Crippen LogP contribution < -0.4 is 10.6 Å². The van der Waals surface area contributed by atoms with Crippen molar-refractivity contribution in [1.29, 1.82) is 0 Å². The van der Waals surface area contributed by atoms with E-state index < -0.39 is 0 Å². The van der Waals surface area contributed by atoms with E-state index in [9.17, 15) is 9.59 Å². The van der Waals surface area contributed by atoms with Crippen molar-refractivity contribution in [1.82, 2.24) is 0 Å². The van der Waals surface area contributed by atoms with Crippen LogP contribution in [-0.4, -0.2) is 11.8 Å². The van der Waals surface area contributed by atoms with E-state index in [2.05, 4.69) is 10.6 Å². The van der Waals surface area contributed by atoms with E-state index in [1.807, 2.05) is 18.4 Å². The summed E-state index contributed by atoms with van der Waals surface area (Å²) in [6.45, 7) is 1.88. The molecule has 2 aromatic carbocycles. The Labute approximate surface area is 154 Å². The SMILES string of the molecule is Cc1ccc(C(=O)Nc2cccc(NC(=O)c3cccs3)c2)cc1Cl. The first-order chi connectivity index (χ1) is 12.0. The third-order valence-corrected chi connectivity index (χ3v) is 4.83. The second-order valence-electron chi connectivity index (χ2n) is 5.43. The lowest BCUT2D eigenvalue weighted by Gasteiger charge is -2.09. The molecule has 0 aliphatic rings. The van der Waals surface area contributed by atoms with Crippen LogP contribution in [0.25, 0.3) is 0 Å². The predicted octanol–water partition coefficient (Wildman–Crippen LogP) is 5.21. The van der Waals surface area contributed by atoms with Crippen LogP contribution in [0.5, 0.6) is 0 Å². The number of anilines is 2. The van der Waals surface area contributed by atoms with Gasteiger partial charge < -0.3 is 10.6 Å². The molecule has 1 heterocycles. The second-order valence-corrected chi connectivity index (χ2v) is 6.79. The maximum absolute atomic E-state index is 12.3. The zero-order valence-electron chi connectivity index (χ0n) is 13.4. The Morgan fingerprint density at radius 3 is 2.28 bits per heavy atom. The van der Waals surface area contributed by atoms with Gasteiger partial charge >= 0.3 is 0 Å². The number of hydrogen-bond acceptors (Lipinski definition) is 3. The fourth-order valence-electron chi connectivity index (χ4n) is 2.21. The standard InChI is InChI=1S/C19H15ClN2O2S/c1-12-7-8-13(10-16(12)20)18(23)21-14-4-2-5-15(11-14)22-19(24)17-6-3-9-25-17/h2-11H,1H3,(H,21,23)(H,22,24). The Morgan fingerprint density at radius 2 is 1.64 bits per heavy atom. The number of thiophene rings is 1. The van der Waals surface area contributed by atoms with Crippen molar-refractivity contribution in [3.05, 3.63) is 81.0 Å². The molecule has 0 bridgehead atoms. The zero-order valence-corrected chi connectivity index (χ0v) is 14.9. The summed E-state index contributed by atoms with van der Waals surface area (Å²) in [6.07, 6.45) is 0. The summed E-state index contributed by atoms with van der Waals surface area (Å²) in [5, 5.41) is 8.01. The minimum Gasteiger partial charge on any atom is -0.322 e. The van der Waals surface area contributed by atoms with Gasteiger partial charge in [-0.3, -0.25) is 9.59 Å². The number of nitrogens with one attached hydrogen (secondary N) is 2. The smallest absolute Gasteiger partial charge is 0.265 e. The molecule has 25 heavy (non-hydrogen) atoms. The highest BCUT2D eigenvalue weighted by Gasteiger charge is 2.10. The van der Waals surface area contributed by atoms with Crippen LogP contribution in [0.15, 0.2) is 60.0 Å². The summed E-state index contributed by atoms with van der Waals surface area (Å²) in [5.41, 5.74) is 2.59. The maximum atomic E-state index is 12.3. The predicted molar refractivity (Wildman–Crippen MR) is 103 cm³/mol. The van der Waals surface area contributed by atoms with Gasteiger partial charge in [-0.15, -0.1) is 11.3 Å². The van der Waals surface area contributed by atoms with Gasteiger partial charge in [0.2, 0.25) is 0 Å². The monoisotopic (exact) mass is 370 g/mol. The number of carbonyl (C=O) groups excluding carboxylic acids is 2. The van der Waals surface area contributed by atoms with Gasteiger partial charge in [-0.1, -0.05) is 29.8 Å². The molecule has 0 saturated heterocycles. The van der Waals surface area contributed by atoms with E-state index in [1.54, 1.807) is 48.5 Å². The third kappa shape index (κ3) is 4.26. The molecule has 0 aliphatic carbocycles. The molecule has 0 fully saturated rings. The molecule has 126 valence electrons. The molecule has 6 heteroatoms. The summed E-state index contributed by atoms with van der Waals surface area (Å²) in [6, 6.07) is 15.7. The highest BCUT2D eigenvalue weighted by Crippen LogP contribution is 2.20. The van der Waals surface area contributed by atoms with Crippen LogP contribution in [0.3, 0.4) is 0 Å². The average molecular weight is 371 g/mol. The first kappa shape index (κ1) is 17.2. The molecule has 2 N–H and O–H groups in total. The van der Waals surface area contributed by atoms with E-state index in [-0.39, 0.29) is 11.8 Å². The molecule has 3 rings (SSSR count). The summed E-state index contributed by atoms with van der Waals surface area (Å²) in [7, 11) is 0. The van der Waals surface area contributed by atoms with Gasteiger partial charge in [0.05, 0.1) is 4.88 Å². The van der Waals surface area contributed by atoms with Gasteiger partial charge in [0.15, 0.2) is 0 Å². The average Bonchev–Trinajstić information content (AvgIpc) is 3.12. The fourth-order valence-corrected chi connectivity index (χ4v) is 3.01. The third-order valence-electron chi connectivity index (χ3n) is 3.56. The molecule has 2 amide bonds. The maximum Gasteiger partial charge on any atom is 0.265 e. The molecular formula is C19H15ClN2O2S. The van der Waals surface area contributed by atoms with Crippen LogP contribution in [0, 0.1) is 6.92 Å². The van der Waals surface area contributed by atoms with Gasteiger partial charge in [-0.05, 0) is 54.3 Å². The van der Waals surface area contributed by atoms with Crippen LogP contribution in [0.1, 0.15) is 25.6 Å². The lowest BCUT2D eigenvalue weighted by molar-refractivity contribution is 0.102. The molecule has 3 aromatic rings. The molecule has 0 spiro atoms. The van der Waals surface area contributed by atoms with Gasteiger partial charge in [-0.2, -0.15) is 0 Å². The summed E-state index contributed by atoms with van der Waals surface area (Å²) in [4.78, 5) is 25.1. The highest BCUT2D eigenvalue weighted by molar-refractivity contribution is 7.12. The van der Waals surface area contributed by atoms with Gasteiger partial charge in [0, 0.05) is 22.0 Å². The molecular weight excluding hydrogens is 356 g/mol. The number of amides is 2. The van der Waals surface area contributed by atoms with Crippen molar-refractivity contribution >= 4 is 46.1 Å². The Hall–Kier alpha value is -2.63. The van der Waals surface area contributed by atoms with Crippen molar-refractivity contribution in [3.63, 3.8) is 0 Å². The summed E-state index contributed by atoms with van der Waals surface area (Å²) >= 11 is 7.44. The Balaban J connectivity index is 1.72. The molecule has 0 radical (unpaired) electrons. The van der Waals surface area contributed by atoms with Gasteiger partial charge in [0.25, 0.3) is 11.8 Å². The molecule has 0 unspecified atom stereocenters. The summed E-state index contributed by atoms with van der Waals surface area (Å²) < 4.78 is 0. The van der Waals surface area contributed by atoms with E-state index in [4.69, 9.17) is 11.6 Å². The minimum absolute atomic E-state index is 0.177. The minimum atomic E-state index is -0.261. The molecule has 0 aliphatic heterocycles. The lowest BCUT2D eigenvalue weighted by atomic mass is 10.1. The van der Waals surface area contributed by atoms with Crippen molar-refractivity contribution in [3.8, 4) is 0 Å². The highest BCUT2D eigenvalue weighted by atomic mass is 35.5. The van der Waals surface area contributed by atoms with Crippen LogP contribution in [0.2, 0.25) is 5.02 Å². The van der Waals surface area contributed by atoms with Crippen LogP contribution in [0.4, 0.5) is 11.4 Å².